The van der Waals surface area contributed by atoms with Gasteiger partial charge in [0.05, 0.1) is 41.5 Å². The lowest BCUT2D eigenvalue weighted by molar-refractivity contribution is -0.330. The van der Waals surface area contributed by atoms with Gasteiger partial charge in [0.2, 0.25) is 6.23 Å². The van der Waals surface area contributed by atoms with Gasteiger partial charge in [0, 0.05) is 32.0 Å². The van der Waals surface area contributed by atoms with Gasteiger partial charge in [0.15, 0.2) is 12.6 Å². The lowest BCUT2D eigenvalue weighted by Gasteiger charge is -2.48. The first kappa shape index (κ1) is 49.1. The number of likely N-dealkylation sites (N-methyl/N-ethyl adjacent to an activating group) is 1. The van der Waals surface area contributed by atoms with Gasteiger partial charge in [-0.05, 0) is 94.2 Å². The van der Waals surface area contributed by atoms with E-state index in [9.17, 15) is 38.4 Å². The number of hydrogen-bond donors (Lipinski definition) is 5. The third-order valence-corrected chi connectivity index (χ3v) is 12.3. The molecule has 3 rings (SSSR count). The molecule has 0 aromatic heterocycles. The van der Waals surface area contributed by atoms with Crippen molar-refractivity contribution in [1.82, 2.24) is 10.2 Å². The average Bonchev–Trinajstić information content (AvgIpc) is 3.10. The zero-order chi connectivity index (χ0) is 42.7. The predicted molar refractivity (Wildman–Crippen MR) is 199 cm³/mol. The van der Waals surface area contributed by atoms with Crippen LogP contribution < -0.4 is 5.32 Å². The van der Waals surface area contributed by atoms with Gasteiger partial charge in [0.25, 0.3) is 0 Å². The molecule has 0 aliphatic carbocycles. The van der Waals surface area contributed by atoms with Crippen LogP contribution in [0.15, 0.2) is 0 Å². The average molecular weight is 817 g/mol. The van der Waals surface area contributed by atoms with E-state index in [1.807, 2.05) is 11.8 Å². The topological polar surface area (TPSA) is 178 Å². The van der Waals surface area contributed by atoms with Crippen LogP contribution in [0, 0.1) is 17.8 Å². The van der Waals surface area contributed by atoms with Gasteiger partial charge in [-0.2, -0.15) is 13.2 Å². The third-order valence-electron chi connectivity index (χ3n) is 12.3. The molecule has 0 aromatic rings. The minimum Gasteiger partial charge on any atom is -0.459 e. The monoisotopic (exact) mass is 816 g/mol. The maximum Gasteiger partial charge on any atom is 0.428 e. The van der Waals surface area contributed by atoms with E-state index in [1.165, 1.54) is 14.0 Å². The fourth-order valence-corrected chi connectivity index (χ4v) is 8.74. The highest BCUT2D eigenvalue weighted by Crippen LogP contribution is 2.40. The number of nitrogens with one attached hydrogen (secondary N) is 1. The first-order valence-electron chi connectivity index (χ1n) is 20.0. The quantitative estimate of drug-likeness (QED) is 0.169. The van der Waals surface area contributed by atoms with Crippen molar-refractivity contribution < 1.29 is 71.5 Å². The van der Waals surface area contributed by atoms with Crippen molar-refractivity contribution in [2.24, 2.45) is 17.8 Å². The second kappa shape index (κ2) is 19.4. The van der Waals surface area contributed by atoms with Crippen molar-refractivity contribution in [3.8, 4) is 0 Å². The van der Waals surface area contributed by atoms with Crippen molar-refractivity contribution in [2.45, 2.75) is 198 Å². The smallest absolute Gasteiger partial charge is 0.428 e. The second-order valence-electron chi connectivity index (χ2n) is 17.4. The molecule has 0 spiro atoms. The van der Waals surface area contributed by atoms with Crippen LogP contribution in [0.4, 0.5) is 13.2 Å². The van der Waals surface area contributed by atoms with Crippen molar-refractivity contribution in [1.29, 1.82) is 0 Å². The second-order valence-corrected chi connectivity index (χ2v) is 17.4. The summed E-state index contributed by atoms with van der Waals surface area (Å²) in [5.41, 5.74) is -4.70. The number of cyclic esters (lactones) is 1. The molecule has 0 radical (unpaired) electrons. The highest BCUT2D eigenvalue weighted by Gasteiger charge is 2.53. The van der Waals surface area contributed by atoms with E-state index in [1.54, 1.807) is 62.4 Å². The van der Waals surface area contributed by atoms with E-state index in [0.717, 1.165) is 7.05 Å². The first-order chi connectivity index (χ1) is 25.7. The zero-order valence-corrected chi connectivity index (χ0v) is 35.5. The largest absolute Gasteiger partial charge is 0.459 e. The molecule has 56 heavy (non-hydrogen) atoms. The molecule has 1 unspecified atom stereocenters. The number of methoxy groups -OCH3 is 1. The number of ether oxygens (including phenoxy) is 7. The van der Waals surface area contributed by atoms with Gasteiger partial charge in [-0.1, -0.05) is 20.8 Å². The molecule has 0 bridgehead atoms. The van der Waals surface area contributed by atoms with Crippen LogP contribution in [0.5, 0.6) is 0 Å². The van der Waals surface area contributed by atoms with E-state index in [2.05, 4.69) is 5.32 Å². The predicted octanol–water partition coefficient (Wildman–Crippen LogP) is 3.49. The summed E-state index contributed by atoms with van der Waals surface area (Å²) in [5, 5.41) is 48.8. The SMILES string of the molecule is CC[C@H]1OC(=O)[C@H](C)[C@@H](O[C@H]2C[C@@](C)(OC)[C@@H](O)[C@H](C)O2)[C@H](C)[C@@H](O[C@@H]2O[C@H](C)CC[C@H]2OC(NC)C(F)(F)F)[C@](C)(O)C[C@@H](C)CN(C)[C@H](C)[C@@H](O)[C@]1(C)O. The van der Waals surface area contributed by atoms with Crippen LogP contribution in [0.25, 0.3) is 0 Å². The molecule has 17 heteroatoms. The Morgan fingerprint density at radius 3 is 2.16 bits per heavy atom. The fraction of sp³-hybridized carbons (Fsp3) is 0.974. The fourth-order valence-electron chi connectivity index (χ4n) is 8.74. The Morgan fingerprint density at radius 2 is 1.61 bits per heavy atom. The molecule has 3 aliphatic heterocycles. The Bertz CT molecular complexity index is 1250. The zero-order valence-electron chi connectivity index (χ0n) is 35.5. The molecular weight excluding hydrogens is 745 g/mol. The summed E-state index contributed by atoms with van der Waals surface area (Å²) in [6, 6.07) is -0.616. The van der Waals surface area contributed by atoms with Crippen LogP contribution in [0.1, 0.15) is 101 Å². The highest BCUT2D eigenvalue weighted by atomic mass is 19.4. The van der Waals surface area contributed by atoms with Crippen LogP contribution >= 0.6 is 0 Å². The van der Waals surface area contributed by atoms with Gasteiger partial charge in [-0.25, -0.2) is 0 Å². The number of aliphatic hydroxyl groups excluding tert-OH is 2. The van der Waals surface area contributed by atoms with Crippen LogP contribution in [-0.4, -0.2) is 156 Å². The van der Waals surface area contributed by atoms with Crippen molar-refractivity contribution in [3.05, 3.63) is 0 Å². The molecule has 18 atom stereocenters. The number of aliphatic hydroxyl groups is 4. The summed E-state index contributed by atoms with van der Waals surface area (Å²) in [5.74, 6) is -3.10. The normalized spacial score (nSPS) is 46.4. The number of halogens is 3. The van der Waals surface area contributed by atoms with Gasteiger partial charge < -0.3 is 58.5 Å². The van der Waals surface area contributed by atoms with Gasteiger partial charge in [0.1, 0.15) is 30.0 Å². The summed E-state index contributed by atoms with van der Waals surface area (Å²) in [6.07, 6.45) is -16.9. The maximum absolute atomic E-state index is 14.2. The molecule has 0 saturated carbocycles. The standard InChI is InChI=1S/C39H71F3N2O12/c1-14-27-38(10,49)30(45)24(6)44(12)19-20(2)17-36(8,48)32(56-34-26(16-15-21(3)51-34)53-35(43-11)39(40,41)42)22(4)29(23(5)33(47)54-27)55-28-18-37(9,50-13)31(46)25(7)52-28/h20-32,34-35,43,45-46,48-49H,14-19H2,1-13H3/t20-,21-,22+,23-,24-,25+,26-,27-,28+,29+,30-,31+,32-,34+,35?,36-,37-,38-/m1/s1. The van der Waals surface area contributed by atoms with E-state index >= 15 is 0 Å². The summed E-state index contributed by atoms with van der Waals surface area (Å²) >= 11 is 0. The van der Waals surface area contributed by atoms with Crippen molar-refractivity contribution in [2.75, 3.05) is 27.7 Å². The number of hydrogen-bond acceptors (Lipinski definition) is 14. The Kier molecular flexibility index (Phi) is 17.1. The number of carbonyl (C=O) groups excluding carboxylic acids is 1. The van der Waals surface area contributed by atoms with E-state index < -0.39 is 114 Å². The van der Waals surface area contributed by atoms with Crippen LogP contribution in [0.3, 0.4) is 0 Å². The summed E-state index contributed by atoms with van der Waals surface area (Å²) < 4.78 is 84.6. The first-order valence-corrected chi connectivity index (χ1v) is 20.0. The Labute approximate surface area is 331 Å². The molecule has 3 saturated heterocycles. The number of alkyl halides is 3. The molecule has 3 aliphatic rings. The summed E-state index contributed by atoms with van der Waals surface area (Å²) in [6.45, 7) is 17.1. The molecular formula is C39H71F3N2O12. The minimum atomic E-state index is -4.74. The van der Waals surface area contributed by atoms with Crippen LogP contribution in [-0.2, 0) is 38.0 Å². The Hall–Kier alpha value is -1.22. The Morgan fingerprint density at radius 1 is 0.982 bits per heavy atom. The van der Waals surface area contributed by atoms with E-state index in [4.69, 9.17) is 33.2 Å². The molecule has 3 fully saturated rings. The molecule has 3 heterocycles. The number of nitrogens with zero attached hydrogens (tertiary/aromatic N) is 1. The summed E-state index contributed by atoms with van der Waals surface area (Å²) in [7, 11) is 4.37. The maximum atomic E-state index is 14.2. The van der Waals surface area contributed by atoms with E-state index in [-0.39, 0.29) is 31.6 Å². The molecule has 0 amide bonds. The molecule has 5 N–H and O–H groups in total. The number of carbonyl (C=O) groups is 1. The third kappa shape index (κ3) is 11.5. The van der Waals surface area contributed by atoms with Crippen molar-refractivity contribution in [3.63, 3.8) is 0 Å². The minimum absolute atomic E-state index is 0.0453. The van der Waals surface area contributed by atoms with E-state index in [0.29, 0.717) is 13.0 Å². The van der Waals surface area contributed by atoms with Gasteiger partial charge in [-0.3, -0.25) is 10.1 Å². The molecule has 14 nitrogen and oxygen atoms in total. The van der Waals surface area contributed by atoms with Gasteiger partial charge >= 0.3 is 12.1 Å². The summed E-state index contributed by atoms with van der Waals surface area (Å²) in [4.78, 5) is 16.1. The molecule has 330 valence electrons. The Balaban J connectivity index is 2.20. The van der Waals surface area contributed by atoms with Gasteiger partial charge in [-0.15, -0.1) is 0 Å². The number of esters is 1. The molecule has 0 aromatic carbocycles. The lowest BCUT2D eigenvalue weighted by Crippen LogP contribution is -2.59. The number of rotatable bonds is 9. The van der Waals surface area contributed by atoms with Crippen LogP contribution in [0.2, 0.25) is 0 Å². The highest BCUT2D eigenvalue weighted by molar-refractivity contribution is 5.73. The lowest BCUT2D eigenvalue weighted by atomic mass is 9.77. The van der Waals surface area contributed by atoms with Crippen molar-refractivity contribution >= 4 is 5.97 Å².